The maximum atomic E-state index is 12.5. The molecule has 1 aromatic rings. The molecule has 2 atom stereocenters. The Hall–Kier alpha value is -1.59. The van der Waals surface area contributed by atoms with E-state index in [-0.39, 0.29) is 30.1 Å². The summed E-state index contributed by atoms with van der Waals surface area (Å²) in [6.07, 6.45) is 1.68. The molecule has 1 heterocycles. The zero-order chi connectivity index (χ0) is 16.8. The topological polar surface area (TPSA) is 66.6 Å². The van der Waals surface area contributed by atoms with Crippen LogP contribution in [0.2, 0.25) is 0 Å². The Bertz CT molecular complexity index is 538. The lowest BCUT2D eigenvalue weighted by atomic mass is 9.99. The molecule has 0 saturated carbocycles. The van der Waals surface area contributed by atoms with Crippen molar-refractivity contribution in [3.05, 3.63) is 35.9 Å². The molecule has 0 radical (unpaired) electrons. The van der Waals surface area contributed by atoms with Crippen LogP contribution in [0, 0.1) is 5.92 Å². The van der Waals surface area contributed by atoms with Crippen LogP contribution < -0.4 is 5.73 Å². The van der Waals surface area contributed by atoms with Gasteiger partial charge in [-0.3, -0.25) is 9.59 Å². The van der Waals surface area contributed by atoms with Crippen LogP contribution in [0.4, 0.5) is 0 Å². The van der Waals surface area contributed by atoms with Gasteiger partial charge in [0.2, 0.25) is 5.91 Å². The number of carbonyl (C=O) groups is 2. The van der Waals surface area contributed by atoms with Crippen LogP contribution in [-0.2, 0) is 4.79 Å². The first-order valence-corrected chi connectivity index (χ1v) is 8.43. The highest BCUT2D eigenvalue weighted by Crippen LogP contribution is 2.13. The average molecular weight is 354 g/mol. The van der Waals surface area contributed by atoms with Crippen LogP contribution in [0.5, 0.6) is 0 Å². The van der Waals surface area contributed by atoms with E-state index in [0.29, 0.717) is 31.7 Å². The van der Waals surface area contributed by atoms with Crippen molar-refractivity contribution >= 4 is 24.2 Å². The van der Waals surface area contributed by atoms with Gasteiger partial charge < -0.3 is 15.5 Å². The van der Waals surface area contributed by atoms with Crippen molar-refractivity contribution in [1.29, 1.82) is 0 Å². The van der Waals surface area contributed by atoms with Crippen molar-refractivity contribution in [3.8, 4) is 0 Å². The van der Waals surface area contributed by atoms with E-state index in [1.54, 1.807) is 0 Å². The molecule has 1 aromatic carbocycles. The zero-order valence-electron chi connectivity index (χ0n) is 14.5. The number of halogens is 1. The van der Waals surface area contributed by atoms with Crippen molar-refractivity contribution in [2.45, 2.75) is 32.7 Å². The number of amides is 2. The van der Waals surface area contributed by atoms with Crippen LogP contribution in [0.25, 0.3) is 0 Å². The van der Waals surface area contributed by atoms with Gasteiger partial charge in [-0.15, -0.1) is 12.4 Å². The fraction of sp³-hybridized carbons (Fsp3) is 0.556. The number of benzene rings is 1. The van der Waals surface area contributed by atoms with Crippen molar-refractivity contribution in [2.75, 3.05) is 26.2 Å². The second-order valence-electron chi connectivity index (χ2n) is 6.25. The molecule has 1 aliphatic rings. The van der Waals surface area contributed by atoms with E-state index in [0.717, 1.165) is 12.8 Å². The predicted octanol–water partition coefficient (Wildman–Crippen LogP) is 2.16. The molecule has 0 aromatic heterocycles. The summed E-state index contributed by atoms with van der Waals surface area (Å²) in [6, 6.07) is 8.84. The summed E-state index contributed by atoms with van der Waals surface area (Å²) in [5.74, 6) is 0.215. The van der Waals surface area contributed by atoms with Crippen molar-refractivity contribution < 1.29 is 9.59 Å². The van der Waals surface area contributed by atoms with Gasteiger partial charge in [-0.2, -0.15) is 0 Å². The predicted molar refractivity (Wildman–Crippen MR) is 98.2 cm³/mol. The average Bonchev–Trinajstić information content (AvgIpc) is 2.86. The fourth-order valence-corrected chi connectivity index (χ4v) is 2.81. The third-order valence-corrected chi connectivity index (χ3v) is 4.66. The van der Waals surface area contributed by atoms with Gasteiger partial charge in [-0.1, -0.05) is 38.5 Å². The van der Waals surface area contributed by atoms with E-state index < -0.39 is 6.04 Å². The number of hydrogen-bond acceptors (Lipinski definition) is 3. The van der Waals surface area contributed by atoms with E-state index in [2.05, 4.69) is 0 Å². The lowest BCUT2D eigenvalue weighted by Gasteiger charge is -2.27. The molecule has 2 N–H and O–H groups in total. The van der Waals surface area contributed by atoms with E-state index in [1.165, 1.54) is 0 Å². The van der Waals surface area contributed by atoms with Crippen LogP contribution in [0.1, 0.15) is 37.0 Å². The highest BCUT2D eigenvalue weighted by Gasteiger charge is 2.27. The summed E-state index contributed by atoms with van der Waals surface area (Å²) in [4.78, 5) is 28.7. The third-order valence-electron chi connectivity index (χ3n) is 4.66. The van der Waals surface area contributed by atoms with Crippen LogP contribution >= 0.6 is 12.4 Å². The first-order valence-electron chi connectivity index (χ1n) is 8.43. The molecule has 0 bridgehead atoms. The highest BCUT2D eigenvalue weighted by atomic mass is 35.5. The normalized spacial score (nSPS) is 17.5. The Morgan fingerprint density at radius 3 is 2.29 bits per heavy atom. The minimum absolute atomic E-state index is 0. The molecule has 134 valence electrons. The van der Waals surface area contributed by atoms with Gasteiger partial charge in [0, 0.05) is 31.7 Å². The van der Waals surface area contributed by atoms with Gasteiger partial charge in [0.1, 0.15) is 0 Å². The van der Waals surface area contributed by atoms with Crippen LogP contribution in [0.15, 0.2) is 30.3 Å². The van der Waals surface area contributed by atoms with Crippen molar-refractivity contribution in [1.82, 2.24) is 9.80 Å². The molecular weight excluding hydrogens is 326 g/mol. The summed E-state index contributed by atoms with van der Waals surface area (Å²) in [5, 5.41) is 0. The minimum atomic E-state index is -0.448. The van der Waals surface area contributed by atoms with Crippen molar-refractivity contribution in [2.24, 2.45) is 11.7 Å². The maximum absolute atomic E-state index is 12.5. The number of rotatable bonds is 4. The van der Waals surface area contributed by atoms with Gasteiger partial charge in [-0.25, -0.2) is 0 Å². The van der Waals surface area contributed by atoms with Crippen LogP contribution in [0.3, 0.4) is 0 Å². The molecule has 2 unspecified atom stereocenters. The quantitative estimate of drug-likeness (QED) is 0.902. The molecule has 0 aliphatic carbocycles. The Labute approximate surface area is 150 Å². The van der Waals surface area contributed by atoms with Gasteiger partial charge in [0.25, 0.3) is 5.91 Å². The molecule has 2 amide bonds. The molecule has 5 nitrogen and oxygen atoms in total. The Kier molecular flexibility index (Phi) is 8.22. The fourth-order valence-electron chi connectivity index (χ4n) is 2.81. The van der Waals surface area contributed by atoms with Gasteiger partial charge in [0.05, 0.1) is 6.04 Å². The summed E-state index contributed by atoms with van der Waals surface area (Å²) in [6.45, 7) is 6.51. The summed E-state index contributed by atoms with van der Waals surface area (Å²) < 4.78 is 0. The Morgan fingerprint density at radius 1 is 1.08 bits per heavy atom. The lowest BCUT2D eigenvalue weighted by Crippen LogP contribution is -2.48. The van der Waals surface area contributed by atoms with E-state index in [9.17, 15) is 9.59 Å². The second kappa shape index (κ2) is 9.64. The summed E-state index contributed by atoms with van der Waals surface area (Å²) in [7, 11) is 0. The Morgan fingerprint density at radius 2 is 1.67 bits per heavy atom. The molecule has 1 saturated heterocycles. The summed E-state index contributed by atoms with van der Waals surface area (Å²) in [5.41, 5.74) is 6.76. The maximum Gasteiger partial charge on any atom is 0.253 e. The highest BCUT2D eigenvalue weighted by molar-refractivity contribution is 5.94. The lowest BCUT2D eigenvalue weighted by molar-refractivity contribution is -0.133. The summed E-state index contributed by atoms with van der Waals surface area (Å²) >= 11 is 0. The Balaban J connectivity index is 0.00000288. The number of carbonyl (C=O) groups excluding carboxylic acids is 2. The smallest absolute Gasteiger partial charge is 0.253 e. The van der Waals surface area contributed by atoms with Crippen molar-refractivity contribution in [3.63, 3.8) is 0 Å². The minimum Gasteiger partial charge on any atom is -0.339 e. The van der Waals surface area contributed by atoms with Crippen LogP contribution in [-0.4, -0.2) is 53.8 Å². The molecule has 2 rings (SSSR count). The number of nitrogens with zero attached hydrogens (tertiary/aromatic N) is 2. The zero-order valence-corrected chi connectivity index (χ0v) is 15.3. The van der Waals surface area contributed by atoms with Gasteiger partial charge in [-0.05, 0) is 24.5 Å². The van der Waals surface area contributed by atoms with Gasteiger partial charge >= 0.3 is 0 Å². The first kappa shape index (κ1) is 20.5. The molecular formula is C18H28ClN3O2. The SMILES string of the molecule is CCC(C)C(N)C(=O)N1CCCN(C(=O)c2ccccc2)CC1.Cl. The number of nitrogens with two attached hydrogens (primary N) is 1. The van der Waals surface area contributed by atoms with Gasteiger partial charge in [0.15, 0.2) is 0 Å². The van der Waals surface area contributed by atoms with E-state index >= 15 is 0 Å². The largest absolute Gasteiger partial charge is 0.339 e. The van der Waals surface area contributed by atoms with E-state index in [1.807, 2.05) is 54.0 Å². The van der Waals surface area contributed by atoms with E-state index in [4.69, 9.17) is 5.73 Å². The molecule has 6 heteroatoms. The molecule has 1 aliphatic heterocycles. The molecule has 1 fully saturated rings. The molecule has 24 heavy (non-hydrogen) atoms. The number of hydrogen-bond donors (Lipinski definition) is 1. The first-order chi connectivity index (χ1) is 11.0. The standard InChI is InChI=1S/C18H27N3O2.ClH/c1-3-14(2)16(19)18(23)21-11-7-10-20(12-13-21)17(22)15-8-5-4-6-9-15;/h4-6,8-9,14,16H,3,7,10-13,19H2,1-2H3;1H. The molecule has 0 spiro atoms. The second-order valence-corrected chi connectivity index (χ2v) is 6.25. The third kappa shape index (κ3) is 4.95. The monoisotopic (exact) mass is 353 g/mol.